The summed E-state index contributed by atoms with van der Waals surface area (Å²) >= 11 is 0. The Kier molecular flexibility index (Phi) is 3.85. The third-order valence-corrected chi connectivity index (χ3v) is 4.48. The van der Waals surface area contributed by atoms with E-state index in [9.17, 15) is 9.59 Å². The van der Waals surface area contributed by atoms with Crippen molar-refractivity contribution in [3.63, 3.8) is 0 Å². The smallest absolute Gasteiger partial charge is 0.267 e. The number of hydrogen-bond donors (Lipinski definition) is 2. The van der Waals surface area contributed by atoms with Gasteiger partial charge in [0.15, 0.2) is 0 Å². The molecule has 3 heterocycles. The lowest BCUT2D eigenvalue weighted by molar-refractivity contribution is 0.0926. The molecule has 3 aromatic rings. The molecule has 1 amide bonds. The van der Waals surface area contributed by atoms with Crippen LogP contribution in [0.25, 0.3) is 10.9 Å². The van der Waals surface area contributed by atoms with Gasteiger partial charge in [-0.3, -0.25) is 9.59 Å². The Hall–Kier alpha value is -2.93. The predicted octanol–water partition coefficient (Wildman–Crippen LogP) is 1.40. The maximum Gasteiger partial charge on any atom is 0.267 e. The molecule has 2 N–H and O–H groups in total. The number of benzene rings is 1. The maximum atomic E-state index is 12.8. The molecule has 2 unspecified atom stereocenters. The van der Waals surface area contributed by atoms with Crippen LogP contribution in [0.15, 0.2) is 47.4 Å². The number of aromatic amines is 1. The SMILES string of the molecule is Cc1ccc(=O)n(C2COCC2NC(=O)c2cccc3[nH]ccc23)n1. The highest BCUT2D eigenvalue weighted by atomic mass is 16.5. The van der Waals surface area contributed by atoms with Crippen molar-refractivity contribution in [3.8, 4) is 0 Å². The lowest BCUT2D eigenvalue weighted by Crippen LogP contribution is -2.44. The first-order valence-corrected chi connectivity index (χ1v) is 8.14. The highest BCUT2D eigenvalue weighted by molar-refractivity contribution is 6.06. The van der Waals surface area contributed by atoms with Gasteiger partial charge in [-0.15, -0.1) is 0 Å². The molecule has 0 spiro atoms. The second-order valence-electron chi connectivity index (χ2n) is 6.19. The summed E-state index contributed by atoms with van der Waals surface area (Å²) in [6.07, 6.45) is 1.80. The van der Waals surface area contributed by atoms with Crippen LogP contribution in [0, 0.1) is 6.92 Å². The van der Waals surface area contributed by atoms with Crippen LogP contribution in [0.5, 0.6) is 0 Å². The number of rotatable bonds is 3. The van der Waals surface area contributed by atoms with Gasteiger partial charge in [0.25, 0.3) is 11.5 Å². The Balaban J connectivity index is 1.61. The monoisotopic (exact) mass is 338 g/mol. The number of nitrogens with one attached hydrogen (secondary N) is 2. The highest BCUT2D eigenvalue weighted by Crippen LogP contribution is 2.21. The summed E-state index contributed by atoms with van der Waals surface area (Å²) in [5.41, 5.74) is 2.04. The van der Waals surface area contributed by atoms with Crippen LogP contribution in [-0.4, -0.2) is 39.9 Å². The first-order chi connectivity index (χ1) is 12.1. The average molecular weight is 338 g/mol. The molecule has 2 aromatic heterocycles. The largest absolute Gasteiger partial charge is 0.377 e. The molecule has 0 aliphatic carbocycles. The molecule has 4 rings (SSSR count). The van der Waals surface area contributed by atoms with Crippen LogP contribution in [0.3, 0.4) is 0 Å². The van der Waals surface area contributed by atoms with Crippen LogP contribution in [0.2, 0.25) is 0 Å². The van der Waals surface area contributed by atoms with E-state index < -0.39 is 0 Å². The first-order valence-electron chi connectivity index (χ1n) is 8.14. The first kappa shape index (κ1) is 15.6. The zero-order valence-corrected chi connectivity index (χ0v) is 13.7. The lowest BCUT2D eigenvalue weighted by atomic mass is 10.1. The number of carbonyl (C=O) groups excluding carboxylic acids is 1. The molecule has 1 aromatic carbocycles. The fourth-order valence-corrected chi connectivity index (χ4v) is 3.21. The van der Waals surface area contributed by atoms with Crippen molar-refractivity contribution in [2.24, 2.45) is 0 Å². The van der Waals surface area contributed by atoms with Crippen molar-refractivity contribution in [1.82, 2.24) is 20.1 Å². The maximum absolute atomic E-state index is 12.8. The second kappa shape index (κ2) is 6.18. The summed E-state index contributed by atoms with van der Waals surface area (Å²) in [7, 11) is 0. The van der Waals surface area contributed by atoms with Crippen molar-refractivity contribution in [2.45, 2.75) is 19.0 Å². The number of hydrogen-bond acceptors (Lipinski definition) is 4. The normalized spacial score (nSPS) is 20.0. The van der Waals surface area contributed by atoms with Crippen LogP contribution < -0.4 is 10.9 Å². The van der Waals surface area contributed by atoms with E-state index in [-0.39, 0.29) is 23.6 Å². The fraction of sp³-hybridized carbons (Fsp3) is 0.278. The highest BCUT2D eigenvalue weighted by Gasteiger charge is 2.33. The molecule has 7 heteroatoms. The molecule has 128 valence electrons. The van der Waals surface area contributed by atoms with Crippen LogP contribution >= 0.6 is 0 Å². The zero-order chi connectivity index (χ0) is 17.4. The fourth-order valence-electron chi connectivity index (χ4n) is 3.21. The number of ether oxygens (including phenoxy) is 1. The van der Waals surface area contributed by atoms with Gasteiger partial charge < -0.3 is 15.0 Å². The summed E-state index contributed by atoms with van der Waals surface area (Å²) < 4.78 is 6.91. The summed E-state index contributed by atoms with van der Waals surface area (Å²) in [5.74, 6) is -0.189. The summed E-state index contributed by atoms with van der Waals surface area (Å²) in [6.45, 7) is 2.52. The Morgan fingerprint density at radius 1 is 1.28 bits per heavy atom. The van der Waals surface area contributed by atoms with Gasteiger partial charge in [-0.1, -0.05) is 6.07 Å². The molecule has 1 aliphatic rings. The molecule has 7 nitrogen and oxygen atoms in total. The van der Waals surface area contributed by atoms with Crippen molar-refractivity contribution in [1.29, 1.82) is 0 Å². The molecule has 2 atom stereocenters. The molecule has 1 fully saturated rings. The van der Waals surface area contributed by atoms with Crippen LogP contribution in [-0.2, 0) is 4.74 Å². The van der Waals surface area contributed by atoms with Gasteiger partial charge >= 0.3 is 0 Å². The van der Waals surface area contributed by atoms with E-state index in [1.165, 1.54) is 10.7 Å². The minimum absolute atomic E-state index is 0.189. The van der Waals surface area contributed by atoms with Crippen molar-refractivity contribution < 1.29 is 9.53 Å². The Morgan fingerprint density at radius 3 is 3.04 bits per heavy atom. The standard InChI is InChI=1S/C18H18N4O3/c1-11-5-6-17(23)22(21-11)16-10-25-9-15(16)20-18(24)13-3-2-4-14-12(13)7-8-19-14/h2-8,15-16,19H,9-10H2,1H3,(H,20,24). The predicted molar refractivity (Wildman–Crippen MR) is 92.6 cm³/mol. The van der Waals surface area contributed by atoms with Crippen molar-refractivity contribution in [3.05, 3.63) is 64.2 Å². The van der Waals surface area contributed by atoms with E-state index in [4.69, 9.17) is 4.74 Å². The average Bonchev–Trinajstić information content (AvgIpc) is 3.25. The zero-order valence-electron chi connectivity index (χ0n) is 13.7. The van der Waals surface area contributed by atoms with Gasteiger partial charge in [-0.2, -0.15) is 5.10 Å². The summed E-state index contributed by atoms with van der Waals surface area (Å²) in [5, 5.41) is 8.15. The Bertz CT molecular complexity index is 991. The Labute approximate surface area is 143 Å². The third-order valence-electron chi connectivity index (χ3n) is 4.48. The molecular formula is C18H18N4O3. The number of nitrogens with zero attached hydrogens (tertiary/aromatic N) is 2. The van der Waals surface area contributed by atoms with E-state index in [2.05, 4.69) is 15.4 Å². The number of carbonyl (C=O) groups is 1. The van der Waals surface area contributed by atoms with Gasteiger partial charge in [0, 0.05) is 28.7 Å². The topological polar surface area (TPSA) is 89.0 Å². The van der Waals surface area contributed by atoms with Crippen LogP contribution in [0.4, 0.5) is 0 Å². The van der Waals surface area contributed by atoms with E-state index >= 15 is 0 Å². The minimum atomic E-state index is -0.318. The van der Waals surface area contributed by atoms with Gasteiger partial charge in [0.2, 0.25) is 0 Å². The Morgan fingerprint density at radius 2 is 2.16 bits per heavy atom. The number of fused-ring (bicyclic) bond motifs is 1. The quantitative estimate of drug-likeness (QED) is 0.755. The van der Waals surface area contributed by atoms with Gasteiger partial charge in [0.05, 0.1) is 24.9 Å². The van der Waals surface area contributed by atoms with E-state index in [1.54, 1.807) is 18.3 Å². The molecular weight excluding hydrogens is 320 g/mol. The van der Waals surface area contributed by atoms with Crippen molar-refractivity contribution >= 4 is 16.8 Å². The van der Waals surface area contributed by atoms with Crippen LogP contribution in [0.1, 0.15) is 22.1 Å². The van der Waals surface area contributed by atoms with Crippen molar-refractivity contribution in [2.75, 3.05) is 13.2 Å². The molecule has 0 saturated carbocycles. The molecule has 1 aliphatic heterocycles. The number of amides is 1. The third kappa shape index (κ3) is 2.83. The molecule has 0 radical (unpaired) electrons. The van der Waals surface area contributed by atoms with Gasteiger partial charge in [-0.05, 0) is 31.2 Å². The van der Waals surface area contributed by atoms with Gasteiger partial charge in [-0.25, -0.2) is 4.68 Å². The minimum Gasteiger partial charge on any atom is -0.377 e. The number of H-pyrrole nitrogens is 1. The number of aromatic nitrogens is 3. The van der Waals surface area contributed by atoms with E-state index in [0.717, 1.165) is 16.6 Å². The molecule has 1 saturated heterocycles. The molecule has 25 heavy (non-hydrogen) atoms. The number of aryl methyl sites for hydroxylation is 1. The summed E-state index contributed by atoms with van der Waals surface area (Å²) in [6, 6.07) is 9.95. The summed E-state index contributed by atoms with van der Waals surface area (Å²) in [4.78, 5) is 28.0. The van der Waals surface area contributed by atoms with Gasteiger partial charge in [0.1, 0.15) is 6.04 Å². The molecule has 0 bridgehead atoms. The second-order valence-corrected chi connectivity index (χ2v) is 6.19. The van der Waals surface area contributed by atoms with E-state index in [0.29, 0.717) is 18.8 Å². The lowest BCUT2D eigenvalue weighted by Gasteiger charge is -2.20. The van der Waals surface area contributed by atoms with E-state index in [1.807, 2.05) is 25.1 Å².